The van der Waals surface area contributed by atoms with Gasteiger partial charge in [0.05, 0.1) is 0 Å². The predicted octanol–water partition coefficient (Wildman–Crippen LogP) is 4.74. The lowest BCUT2D eigenvalue weighted by molar-refractivity contribution is 0.447. The highest BCUT2D eigenvalue weighted by molar-refractivity contribution is 4.62. The highest BCUT2D eigenvalue weighted by Crippen LogP contribution is 2.19. The van der Waals surface area contributed by atoms with Gasteiger partial charge in [0, 0.05) is 0 Å². The van der Waals surface area contributed by atoms with E-state index in [0.29, 0.717) is 0 Å². The normalized spacial score (nSPS) is 24.7. The van der Waals surface area contributed by atoms with Gasteiger partial charge in [0.15, 0.2) is 0 Å². The molecular formula is C13H25. The fourth-order valence-corrected chi connectivity index (χ4v) is 2.25. The molecule has 0 unspecified atom stereocenters. The second-order valence-electron chi connectivity index (χ2n) is 4.63. The van der Waals surface area contributed by atoms with Gasteiger partial charge in [0.25, 0.3) is 0 Å². The molecule has 0 heteroatoms. The van der Waals surface area contributed by atoms with Gasteiger partial charge < -0.3 is 0 Å². The van der Waals surface area contributed by atoms with Crippen LogP contribution in [0.5, 0.6) is 0 Å². The lowest BCUT2D eigenvalue weighted by Gasteiger charge is -2.12. The summed E-state index contributed by atoms with van der Waals surface area (Å²) < 4.78 is 0. The van der Waals surface area contributed by atoms with E-state index in [9.17, 15) is 0 Å². The minimum absolute atomic E-state index is 0.749. The molecule has 1 rings (SSSR count). The molecule has 0 saturated heterocycles. The van der Waals surface area contributed by atoms with E-state index in [0.717, 1.165) is 5.92 Å². The second-order valence-corrected chi connectivity index (χ2v) is 4.63. The maximum atomic E-state index is 4.23. The van der Waals surface area contributed by atoms with Crippen LogP contribution in [0.4, 0.5) is 0 Å². The summed E-state index contributed by atoms with van der Waals surface area (Å²) in [6, 6.07) is 0. The van der Waals surface area contributed by atoms with Gasteiger partial charge in [0.1, 0.15) is 0 Å². The van der Waals surface area contributed by atoms with Crippen molar-refractivity contribution in [2.45, 2.75) is 70.6 Å². The van der Waals surface area contributed by atoms with Crippen LogP contribution in [-0.2, 0) is 0 Å². The molecule has 0 nitrogen and oxygen atoms in total. The van der Waals surface area contributed by atoms with Gasteiger partial charge in [-0.05, 0) is 5.92 Å². The smallest absolute Gasteiger partial charge is 0.0414 e. The van der Waals surface area contributed by atoms with E-state index in [4.69, 9.17) is 0 Å². The summed E-state index contributed by atoms with van der Waals surface area (Å²) in [5.41, 5.74) is 0. The Bertz CT molecular complexity index is 94.6. The fourth-order valence-electron chi connectivity index (χ4n) is 2.25. The Morgan fingerprint density at radius 3 is 1.23 bits per heavy atom. The highest BCUT2D eigenvalue weighted by atomic mass is 14.1. The Balaban J connectivity index is 2.11. The summed E-state index contributed by atoms with van der Waals surface area (Å²) in [6.07, 6.45) is 15.9. The molecule has 0 N–H and O–H groups in total. The number of rotatable bonds is 0. The van der Waals surface area contributed by atoms with Crippen LogP contribution in [0.3, 0.4) is 0 Å². The van der Waals surface area contributed by atoms with Crippen molar-refractivity contribution in [2.24, 2.45) is 5.92 Å². The van der Waals surface area contributed by atoms with Gasteiger partial charge in [-0.1, -0.05) is 77.6 Å². The van der Waals surface area contributed by atoms with E-state index >= 15 is 0 Å². The van der Waals surface area contributed by atoms with Crippen LogP contribution < -0.4 is 0 Å². The van der Waals surface area contributed by atoms with Crippen molar-refractivity contribution in [3.8, 4) is 0 Å². The van der Waals surface area contributed by atoms with E-state index in [-0.39, 0.29) is 0 Å². The maximum absolute atomic E-state index is 4.23. The Morgan fingerprint density at radius 2 is 0.846 bits per heavy atom. The lowest BCUT2D eigenvalue weighted by Crippen LogP contribution is -1.96. The molecule has 1 radical (unpaired) electrons. The average Bonchev–Trinajstić information content (AvgIpc) is 2.11. The van der Waals surface area contributed by atoms with Gasteiger partial charge in [-0.3, -0.25) is 0 Å². The molecule has 1 fully saturated rings. The first-order valence-corrected chi connectivity index (χ1v) is 6.22. The van der Waals surface area contributed by atoms with E-state index in [1.807, 2.05) is 0 Å². The van der Waals surface area contributed by atoms with Crippen LogP contribution >= 0.6 is 0 Å². The Kier molecular flexibility index (Phi) is 6.31. The molecule has 1 saturated carbocycles. The molecule has 1 aliphatic rings. The van der Waals surface area contributed by atoms with Crippen molar-refractivity contribution < 1.29 is 0 Å². The van der Waals surface area contributed by atoms with Crippen molar-refractivity contribution >= 4 is 0 Å². The average molecular weight is 181 g/mol. The van der Waals surface area contributed by atoms with Gasteiger partial charge in [-0.15, -0.1) is 0 Å². The van der Waals surface area contributed by atoms with Crippen LogP contribution in [0, 0.1) is 12.8 Å². The van der Waals surface area contributed by atoms with Crippen molar-refractivity contribution in [1.29, 1.82) is 0 Å². The molecular weight excluding hydrogens is 156 g/mol. The molecule has 1 aliphatic carbocycles. The minimum Gasteiger partial charge on any atom is -0.0533 e. The van der Waals surface area contributed by atoms with E-state index in [1.165, 1.54) is 70.6 Å². The first-order valence-electron chi connectivity index (χ1n) is 6.22. The topological polar surface area (TPSA) is 0 Å². The summed E-state index contributed by atoms with van der Waals surface area (Å²) in [6.45, 7) is 4.23. The number of hydrogen-bond acceptors (Lipinski definition) is 0. The minimum atomic E-state index is 0.749. The third-order valence-electron chi connectivity index (χ3n) is 3.22. The molecule has 0 heterocycles. The summed E-state index contributed by atoms with van der Waals surface area (Å²) in [4.78, 5) is 0. The lowest BCUT2D eigenvalue weighted by atomic mass is 9.94. The first-order chi connectivity index (χ1) is 6.39. The van der Waals surface area contributed by atoms with E-state index in [2.05, 4.69) is 6.92 Å². The molecule has 0 aromatic rings. The standard InChI is InChI=1S/C13H25/c1-13-11-9-7-5-3-2-4-6-8-10-12-13/h13H,1-12H2. The van der Waals surface area contributed by atoms with Crippen molar-refractivity contribution in [3.05, 3.63) is 6.92 Å². The van der Waals surface area contributed by atoms with Crippen molar-refractivity contribution in [2.75, 3.05) is 0 Å². The zero-order valence-electron chi connectivity index (χ0n) is 9.06. The van der Waals surface area contributed by atoms with Crippen LogP contribution in [0.2, 0.25) is 0 Å². The zero-order valence-corrected chi connectivity index (χ0v) is 9.06. The SMILES string of the molecule is [CH2]C1CCCCCCCCCCC1. The second kappa shape index (κ2) is 7.41. The Hall–Kier alpha value is 0. The molecule has 0 aromatic heterocycles. The molecule has 0 aromatic carbocycles. The molecule has 0 aliphatic heterocycles. The first kappa shape index (κ1) is 11.1. The number of hydrogen-bond donors (Lipinski definition) is 0. The Labute approximate surface area is 84.1 Å². The molecule has 0 spiro atoms. The highest BCUT2D eigenvalue weighted by Gasteiger charge is 2.03. The maximum Gasteiger partial charge on any atom is -0.0414 e. The Morgan fingerprint density at radius 1 is 0.538 bits per heavy atom. The molecule has 77 valence electrons. The third-order valence-corrected chi connectivity index (χ3v) is 3.22. The molecule has 0 amide bonds. The van der Waals surface area contributed by atoms with Crippen molar-refractivity contribution in [1.82, 2.24) is 0 Å². The van der Waals surface area contributed by atoms with Crippen LogP contribution in [0.25, 0.3) is 0 Å². The predicted molar refractivity (Wildman–Crippen MR) is 59.6 cm³/mol. The van der Waals surface area contributed by atoms with Gasteiger partial charge in [-0.25, -0.2) is 0 Å². The fraction of sp³-hybridized carbons (Fsp3) is 0.923. The van der Waals surface area contributed by atoms with Gasteiger partial charge >= 0.3 is 0 Å². The zero-order chi connectivity index (χ0) is 9.36. The summed E-state index contributed by atoms with van der Waals surface area (Å²) in [5, 5.41) is 0. The molecule has 0 bridgehead atoms. The quantitative estimate of drug-likeness (QED) is 0.506. The van der Waals surface area contributed by atoms with Crippen LogP contribution in [0.15, 0.2) is 0 Å². The summed E-state index contributed by atoms with van der Waals surface area (Å²) in [5.74, 6) is 0.749. The van der Waals surface area contributed by atoms with Gasteiger partial charge in [0.2, 0.25) is 0 Å². The molecule has 13 heavy (non-hydrogen) atoms. The summed E-state index contributed by atoms with van der Waals surface area (Å²) >= 11 is 0. The largest absolute Gasteiger partial charge is 0.0533 e. The van der Waals surface area contributed by atoms with Crippen LogP contribution in [-0.4, -0.2) is 0 Å². The molecule has 0 atom stereocenters. The van der Waals surface area contributed by atoms with Crippen molar-refractivity contribution in [3.63, 3.8) is 0 Å². The third kappa shape index (κ3) is 6.12. The van der Waals surface area contributed by atoms with E-state index in [1.54, 1.807) is 0 Å². The monoisotopic (exact) mass is 181 g/mol. The van der Waals surface area contributed by atoms with Gasteiger partial charge in [-0.2, -0.15) is 0 Å². The van der Waals surface area contributed by atoms with Crippen LogP contribution in [0.1, 0.15) is 70.6 Å². The van der Waals surface area contributed by atoms with E-state index < -0.39 is 0 Å². The summed E-state index contributed by atoms with van der Waals surface area (Å²) in [7, 11) is 0.